The Bertz CT molecular complexity index is 265. The number of methoxy groups -OCH3 is 1. The number of carbonyl (C=O) groups is 1. The van der Waals surface area contributed by atoms with Gasteiger partial charge in [-0.2, -0.15) is 5.26 Å². The van der Waals surface area contributed by atoms with E-state index in [-0.39, 0.29) is 5.57 Å². The van der Waals surface area contributed by atoms with Crippen LogP contribution in [0.25, 0.3) is 0 Å². The van der Waals surface area contributed by atoms with E-state index in [1.165, 1.54) is 13.2 Å². The number of hydrogen-bond acceptors (Lipinski definition) is 3. The highest BCUT2D eigenvalue weighted by atomic mass is 16.5. The van der Waals surface area contributed by atoms with E-state index in [0.717, 1.165) is 5.57 Å². The Morgan fingerprint density at radius 1 is 1.42 bits per heavy atom. The Kier molecular flexibility index (Phi) is 4.47. The third-order valence-corrected chi connectivity index (χ3v) is 1.11. The smallest absolute Gasteiger partial charge is 0.348 e. The number of ether oxygens (including phenoxy) is 1. The highest BCUT2D eigenvalue weighted by Crippen LogP contribution is 1.98. The third-order valence-electron chi connectivity index (χ3n) is 1.11. The van der Waals surface area contributed by atoms with Gasteiger partial charge in [-0.15, -0.1) is 0 Å². The quantitative estimate of drug-likeness (QED) is 0.270. The monoisotopic (exact) mass is 165 g/mol. The molecule has 0 atom stereocenters. The van der Waals surface area contributed by atoms with E-state index in [9.17, 15) is 4.79 Å². The van der Waals surface area contributed by atoms with Crippen molar-refractivity contribution in [2.24, 2.45) is 0 Å². The van der Waals surface area contributed by atoms with E-state index >= 15 is 0 Å². The summed E-state index contributed by atoms with van der Waals surface area (Å²) < 4.78 is 4.38. The topological polar surface area (TPSA) is 50.1 Å². The molecule has 0 aliphatic heterocycles. The van der Waals surface area contributed by atoms with E-state index in [1.54, 1.807) is 12.1 Å². The molecule has 0 heterocycles. The molecule has 0 rings (SSSR count). The summed E-state index contributed by atoms with van der Waals surface area (Å²) in [6.45, 7) is 3.76. The number of carbonyl (C=O) groups excluding carboxylic acids is 1. The normalized spacial score (nSPS) is 10.0. The van der Waals surface area contributed by atoms with E-state index in [2.05, 4.69) is 4.74 Å². The largest absolute Gasteiger partial charge is 0.465 e. The number of nitriles is 1. The lowest BCUT2D eigenvalue weighted by atomic mass is 10.2. The summed E-state index contributed by atoms with van der Waals surface area (Å²) in [6, 6.07) is 1.75. The molecule has 0 saturated heterocycles. The Labute approximate surface area is 71.9 Å². The van der Waals surface area contributed by atoms with Gasteiger partial charge in [-0.05, 0) is 19.9 Å². The minimum absolute atomic E-state index is 0.0127. The molecule has 0 aromatic carbocycles. The first-order chi connectivity index (χ1) is 5.61. The average Bonchev–Trinajstić information content (AvgIpc) is 2.04. The fourth-order valence-corrected chi connectivity index (χ4v) is 0.511. The third kappa shape index (κ3) is 3.57. The molecule has 0 aromatic rings. The summed E-state index contributed by atoms with van der Waals surface area (Å²) in [5.41, 5.74) is 1.03. The Hall–Kier alpha value is -1.56. The Balaban J connectivity index is 4.59. The standard InChI is InChI=1S/C9H11NO2/c1-7(2)4-5-8(6-10)9(11)12-3/h4-5H,1-3H3. The molecule has 0 saturated carbocycles. The second-order valence-corrected chi connectivity index (χ2v) is 2.43. The zero-order valence-electron chi connectivity index (χ0n) is 7.42. The molecule has 12 heavy (non-hydrogen) atoms. The minimum atomic E-state index is -0.602. The van der Waals surface area contributed by atoms with Gasteiger partial charge in [-0.1, -0.05) is 11.6 Å². The maximum Gasteiger partial charge on any atom is 0.348 e. The van der Waals surface area contributed by atoms with Crippen LogP contribution in [0, 0.1) is 11.3 Å². The fourth-order valence-electron chi connectivity index (χ4n) is 0.511. The summed E-state index contributed by atoms with van der Waals surface area (Å²) >= 11 is 0. The molecule has 0 aromatic heterocycles. The first-order valence-corrected chi connectivity index (χ1v) is 3.45. The van der Waals surface area contributed by atoms with Crippen LogP contribution >= 0.6 is 0 Å². The lowest BCUT2D eigenvalue weighted by Crippen LogP contribution is -2.02. The first-order valence-electron chi connectivity index (χ1n) is 3.45. The molecule has 0 N–H and O–H groups in total. The van der Waals surface area contributed by atoms with Crippen LogP contribution in [-0.2, 0) is 9.53 Å². The molecule has 3 nitrogen and oxygen atoms in total. The summed E-state index contributed by atoms with van der Waals surface area (Å²) in [5, 5.41) is 8.49. The molecule has 0 bridgehead atoms. The van der Waals surface area contributed by atoms with Gasteiger partial charge < -0.3 is 4.74 Å². The number of allylic oxidation sites excluding steroid dienone is 3. The molecule has 0 amide bonds. The summed E-state index contributed by atoms with van der Waals surface area (Å²) in [6.07, 6.45) is 3.14. The molecule has 0 aliphatic carbocycles. The van der Waals surface area contributed by atoms with Gasteiger partial charge in [0, 0.05) is 0 Å². The minimum Gasteiger partial charge on any atom is -0.465 e. The zero-order chi connectivity index (χ0) is 9.56. The number of hydrogen-bond donors (Lipinski definition) is 0. The molecule has 0 spiro atoms. The second kappa shape index (κ2) is 5.14. The van der Waals surface area contributed by atoms with E-state index < -0.39 is 5.97 Å². The van der Waals surface area contributed by atoms with Gasteiger partial charge in [0.2, 0.25) is 0 Å². The predicted molar refractivity (Wildman–Crippen MR) is 45.1 cm³/mol. The molecule has 0 fully saturated rings. The predicted octanol–water partition coefficient (Wildman–Crippen LogP) is 1.58. The molecule has 0 unspecified atom stereocenters. The summed E-state index contributed by atoms with van der Waals surface area (Å²) in [5.74, 6) is -0.602. The van der Waals surface area contributed by atoms with Crippen molar-refractivity contribution in [3.05, 3.63) is 23.3 Å². The summed E-state index contributed by atoms with van der Waals surface area (Å²) in [7, 11) is 1.25. The molecule has 3 heteroatoms. The molecular weight excluding hydrogens is 154 g/mol. The lowest BCUT2D eigenvalue weighted by molar-refractivity contribution is -0.135. The lowest BCUT2D eigenvalue weighted by Gasteiger charge is -1.93. The maximum absolute atomic E-state index is 10.8. The second-order valence-electron chi connectivity index (χ2n) is 2.43. The van der Waals surface area contributed by atoms with Crippen molar-refractivity contribution in [1.29, 1.82) is 5.26 Å². The van der Waals surface area contributed by atoms with Crippen LogP contribution in [0.15, 0.2) is 23.3 Å². The highest BCUT2D eigenvalue weighted by Gasteiger charge is 2.05. The van der Waals surface area contributed by atoms with Crippen molar-refractivity contribution >= 4 is 5.97 Å². The van der Waals surface area contributed by atoms with Crippen LogP contribution in [0.1, 0.15) is 13.8 Å². The van der Waals surface area contributed by atoms with E-state index in [1.807, 2.05) is 13.8 Å². The van der Waals surface area contributed by atoms with Crippen molar-refractivity contribution in [2.75, 3.05) is 7.11 Å². The van der Waals surface area contributed by atoms with Crippen LogP contribution in [-0.4, -0.2) is 13.1 Å². The average molecular weight is 165 g/mol. The highest BCUT2D eigenvalue weighted by molar-refractivity contribution is 5.92. The SMILES string of the molecule is COC(=O)C(C#N)=CC=C(C)C. The van der Waals surface area contributed by atoms with Crippen LogP contribution < -0.4 is 0 Å². The van der Waals surface area contributed by atoms with Crippen molar-refractivity contribution in [3.63, 3.8) is 0 Å². The Morgan fingerprint density at radius 2 is 2.00 bits per heavy atom. The van der Waals surface area contributed by atoms with Crippen molar-refractivity contribution in [1.82, 2.24) is 0 Å². The number of nitrogens with zero attached hydrogens (tertiary/aromatic N) is 1. The molecular formula is C9H11NO2. The van der Waals surface area contributed by atoms with Gasteiger partial charge in [0.15, 0.2) is 0 Å². The zero-order valence-corrected chi connectivity index (χ0v) is 7.42. The van der Waals surface area contributed by atoms with Crippen LogP contribution in [0.2, 0.25) is 0 Å². The Morgan fingerprint density at radius 3 is 2.33 bits per heavy atom. The van der Waals surface area contributed by atoms with Crippen molar-refractivity contribution in [2.45, 2.75) is 13.8 Å². The van der Waals surface area contributed by atoms with Gasteiger partial charge in [-0.25, -0.2) is 4.79 Å². The summed E-state index contributed by atoms with van der Waals surface area (Å²) in [4.78, 5) is 10.8. The first kappa shape index (κ1) is 10.4. The molecule has 0 aliphatic rings. The van der Waals surface area contributed by atoms with Crippen molar-refractivity contribution in [3.8, 4) is 6.07 Å². The van der Waals surface area contributed by atoms with Crippen LogP contribution in [0.3, 0.4) is 0 Å². The number of esters is 1. The van der Waals surface area contributed by atoms with Gasteiger partial charge in [0.25, 0.3) is 0 Å². The van der Waals surface area contributed by atoms with Crippen LogP contribution in [0.5, 0.6) is 0 Å². The molecule has 0 radical (unpaired) electrons. The van der Waals surface area contributed by atoms with E-state index in [0.29, 0.717) is 0 Å². The van der Waals surface area contributed by atoms with Gasteiger partial charge in [-0.3, -0.25) is 0 Å². The van der Waals surface area contributed by atoms with E-state index in [4.69, 9.17) is 5.26 Å². The number of rotatable bonds is 2. The van der Waals surface area contributed by atoms with Gasteiger partial charge in [0.1, 0.15) is 11.6 Å². The maximum atomic E-state index is 10.8. The fraction of sp³-hybridized carbons (Fsp3) is 0.333. The van der Waals surface area contributed by atoms with Gasteiger partial charge in [0.05, 0.1) is 7.11 Å². The van der Waals surface area contributed by atoms with Crippen molar-refractivity contribution < 1.29 is 9.53 Å². The molecule has 64 valence electrons. The van der Waals surface area contributed by atoms with Crippen LogP contribution in [0.4, 0.5) is 0 Å². The van der Waals surface area contributed by atoms with Gasteiger partial charge >= 0.3 is 5.97 Å².